The summed E-state index contributed by atoms with van der Waals surface area (Å²) in [5.74, 6) is 0.595. The number of pyridine rings is 1. The number of hydrogen-bond acceptors (Lipinski definition) is 4. The Kier molecular flexibility index (Phi) is 2.52. The van der Waals surface area contributed by atoms with Gasteiger partial charge in [-0.2, -0.15) is 4.98 Å². The molecule has 0 saturated carbocycles. The molecule has 3 heterocycles. The highest BCUT2D eigenvalue weighted by Crippen LogP contribution is 2.12. The van der Waals surface area contributed by atoms with Gasteiger partial charge in [-0.25, -0.2) is 9.50 Å². The first-order chi connectivity index (χ1) is 8.31. The molecule has 0 unspecified atom stereocenters. The predicted molar refractivity (Wildman–Crippen MR) is 66.6 cm³/mol. The van der Waals surface area contributed by atoms with Gasteiger partial charge in [0.15, 0.2) is 5.65 Å². The zero-order valence-corrected chi connectivity index (χ0v) is 10.3. The molecule has 6 nitrogen and oxygen atoms in total. The normalized spacial score (nSPS) is 10.9. The van der Waals surface area contributed by atoms with Gasteiger partial charge in [-0.05, 0) is 28.1 Å². The van der Waals surface area contributed by atoms with Gasteiger partial charge in [0.2, 0.25) is 5.95 Å². The van der Waals surface area contributed by atoms with Crippen molar-refractivity contribution in [2.45, 2.75) is 6.54 Å². The molecule has 0 bridgehead atoms. The van der Waals surface area contributed by atoms with Gasteiger partial charge >= 0.3 is 0 Å². The Bertz CT molecular complexity index is 629. The summed E-state index contributed by atoms with van der Waals surface area (Å²) in [6, 6.07) is 3.83. The Morgan fingerprint density at radius 3 is 3.18 bits per heavy atom. The lowest BCUT2D eigenvalue weighted by atomic mass is 10.5. The van der Waals surface area contributed by atoms with E-state index in [4.69, 9.17) is 0 Å². The molecule has 0 aromatic carbocycles. The van der Waals surface area contributed by atoms with Crippen LogP contribution in [0.4, 0.5) is 5.95 Å². The molecule has 3 aromatic heterocycles. The second-order valence-electron chi connectivity index (χ2n) is 3.52. The van der Waals surface area contributed by atoms with Crippen molar-refractivity contribution in [1.82, 2.24) is 24.6 Å². The number of nitrogens with zero attached hydrogens (tertiary/aromatic N) is 4. The number of halogens is 1. The minimum atomic E-state index is 0.595. The zero-order chi connectivity index (χ0) is 11.7. The SMILES string of the molecule is Brc1ccc2nc(NCc3cnc[nH]3)nn2c1. The number of imidazole rings is 1. The maximum absolute atomic E-state index is 4.34. The van der Waals surface area contributed by atoms with Crippen molar-refractivity contribution < 1.29 is 0 Å². The molecule has 7 heteroatoms. The highest BCUT2D eigenvalue weighted by molar-refractivity contribution is 9.10. The van der Waals surface area contributed by atoms with Crippen molar-refractivity contribution in [3.63, 3.8) is 0 Å². The fourth-order valence-electron chi connectivity index (χ4n) is 1.49. The van der Waals surface area contributed by atoms with E-state index in [2.05, 4.69) is 41.3 Å². The van der Waals surface area contributed by atoms with Gasteiger partial charge in [-0.3, -0.25) is 0 Å². The number of rotatable bonds is 3. The van der Waals surface area contributed by atoms with E-state index in [1.165, 1.54) is 0 Å². The summed E-state index contributed by atoms with van der Waals surface area (Å²) in [6.45, 7) is 0.623. The smallest absolute Gasteiger partial charge is 0.243 e. The fourth-order valence-corrected chi connectivity index (χ4v) is 1.81. The Labute approximate surface area is 105 Å². The number of H-pyrrole nitrogens is 1. The summed E-state index contributed by atoms with van der Waals surface area (Å²) < 4.78 is 2.69. The molecular formula is C10H9BrN6. The zero-order valence-electron chi connectivity index (χ0n) is 8.76. The lowest BCUT2D eigenvalue weighted by Crippen LogP contribution is -2.01. The van der Waals surface area contributed by atoms with Gasteiger partial charge in [0.05, 0.1) is 18.6 Å². The molecule has 0 spiro atoms. The largest absolute Gasteiger partial charge is 0.347 e. The Hall–Kier alpha value is -1.89. The molecule has 3 rings (SSSR count). The second kappa shape index (κ2) is 4.17. The summed E-state index contributed by atoms with van der Waals surface area (Å²) in [7, 11) is 0. The van der Waals surface area contributed by atoms with E-state index < -0.39 is 0 Å². The average Bonchev–Trinajstić information content (AvgIpc) is 2.94. The van der Waals surface area contributed by atoms with Gasteiger partial charge in [0.1, 0.15) is 0 Å². The molecule has 2 N–H and O–H groups in total. The third kappa shape index (κ3) is 2.14. The van der Waals surface area contributed by atoms with Crippen LogP contribution >= 0.6 is 15.9 Å². The highest BCUT2D eigenvalue weighted by atomic mass is 79.9. The van der Waals surface area contributed by atoms with E-state index in [0.717, 1.165) is 15.8 Å². The van der Waals surface area contributed by atoms with Crippen LogP contribution in [0.2, 0.25) is 0 Å². The molecule has 0 fully saturated rings. The summed E-state index contributed by atoms with van der Waals surface area (Å²) >= 11 is 3.39. The average molecular weight is 293 g/mol. The van der Waals surface area contributed by atoms with Crippen LogP contribution in [-0.2, 0) is 6.54 Å². The summed E-state index contributed by atoms with van der Waals surface area (Å²) in [5, 5.41) is 7.43. The van der Waals surface area contributed by atoms with Gasteiger partial charge in [-0.1, -0.05) is 0 Å². The molecule has 0 aliphatic rings. The third-order valence-electron chi connectivity index (χ3n) is 2.29. The van der Waals surface area contributed by atoms with Gasteiger partial charge in [0.25, 0.3) is 0 Å². The Morgan fingerprint density at radius 2 is 2.35 bits per heavy atom. The van der Waals surface area contributed by atoms with Gasteiger partial charge in [0, 0.05) is 16.9 Å². The van der Waals surface area contributed by atoms with Crippen LogP contribution in [0.15, 0.2) is 35.3 Å². The highest BCUT2D eigenvalue weighted by Gasteiger charge is 2.03. The number of aromatic nitrogens is 5. The van der Waals surface area contributed by atoms with Crippen molar-refractivity contribution in [2.75, 3.05) is 5.32 Å². The second-order valence-corrected chi connectivity index (χ2v) is 4.43. The molecule has 0 aliphatic heterocycles. The van der Waals surface area contributed by atoms with Crippen LogP contribution in [0.5, 0.6) is 0 Å². The number of fused-ring (bicyclic) bond motifs is 1. The maximum atomic E-state index is 4.34. The maximum Gasteiger partial charge on any atom is 0.243 e. The summed E-state index contributed by atoms with van der Waals surface area (Å²) in [4.78, 5) is 11.3. The standard InChI is InChI=1S/C10H9BrN6/c11-7-1-2-9-15-10(16-17(9)5-7)13-4-8-3-12-6-14-8/h1-3,5-6H,4H2,(H,12,14)(H,13,16). The van der Waals surface area contributed by atoms with E-state index >= 15 is 0 Å². The number of hydrogen-bond donors (Lipinski definition) is 2. The fraction of sp³-hybridized carbons (Fsp3) is 0.100. The first-order valence-electron chi connectivity index (χ1n) is 5.04. The topological polar surface area (TPSA) is 70.9 Å². The predicted octanol–water partition coefficient (Wildman–Crippen LogP) is 1.83. The van der Waals surface area contributed by atoms with Crippen LogP contribution in [0.1, 0.15) is 5.69 Å². The number of aromatic amines is 1. The minimum absolute atomic E-state index is 0.595. The van der Waals surface area contributed by atoms with Gasteiger partial charge in [-0.15, -0.1) is 5.10 Å². The molecule has 3 aromatic rings. The molecular weight excluding hydrogens is 284 g/mol. The summed E-state index contributed by atoms with van der Waals surface area (Å²) in [5.41, 5.74) is 1.80. The van der Waals surface area contributed by atoms with Crippen molar-refractivity contribution in [2.24, 2.45) is 0 Å². The Morgan fingerprint density at radius 1 is 1.41 bits per heavy atom. The van der Waals surface area contributed by atoms with E-state index in [0.29, 0.717) is 12.5 Å². The molecule has 0 radical (unpaired) electrons. The summed E-state index contributed by atoms with van der Waals surface area (Å²) in [6.07, 6.45) is 5.27. The van der Waals surface area contributed by atoms with Crippen LogP contribution in [0.25, 0.3) is 5.65 Å². The van der Waals surface area contributed by atoms with Crippen LogP contribution in [0.3, 0.4) is 0 Å². The molecule has 0 atom stereocenters. The molecule has 86 valence electrons. The third-order valence-corrected chi connectivity index (χ3v) is 2.76. The van der Waals surface area contributed by atoms with Crippen molar-refractivity contribution in [3.8, 4) is 0 Å². The quantitative estimate of drug-likeness (QED) is 0.773. The van der Waals surface area contributed by atoms with Crippen LogP contribution < -0.4 is 5.32 Å². The first kappa shape index (κ1) is 10.3. The van der Waals surface area contributed by atoms with Gasteiger partial charge < -0.3 is 10.3 Å². The number of anilines is 1. The lowest BCUT2D eigenvalue weighted by Gasteiger charge is -1.96. The van der Waals surface area contributed by atoms with E-state index in [-0.39, 0.29) is 0 Å². The number of nitrogens with one attached hydrogen (secondary N) is 2. The van der Waals surface area contributed by atoms with Crippen molar-refractivity contribution >= 4 is 27.5 Å². The van der Waals surface area contributed by atoms with E-state index in [1.807, 2.05) is 18.3 Å². The first-order valence-corrected chi connectivity index (χ1v) is 5.83. The van der Waals surface area contributed by atoms with Crippen molar-refractivity contribution in [1.29, 1.82) is 0 Å². The van der Waals surface area contributed by atoms with E-state index in [1.54, 1.807) is 17.0 Å². The molecule has 17 heavy (non-hydrogen) atoms. The lowest BCUT2D eigenvalue weighted by molar-refractivity contribution is 0.941. The van der Waals surface area contributed by atoms with Crippen LogP contribution in [0, 0.1) is 0 Å². The minimum Gasteiger partial charge on any atom is -0.347 e. The Balaban J connectivity index is 1.81. The monoisotopic (exact) mass is 292 g/mol. The van der Waals surface area contributed by atoms with Crippen molar-refractivity contribution in [3.05, 3.63) is 41.0 Å². The van der Waals surface area contributed by atoms with E-state index in [9.17, 15) is 0 Å². The molecule has 0 amide bonds. The molecule has 0 aliphatic carbocycles. The molecule has 0 saturated heterocycles. The van der Waals surface area contributed by atoms with Crippen LogP contribution in [-0.4, -0.2) is 24.6 Å².